The molecule has 2 bridgehead atoms. The zero-order valence-corrected chi connectivity index (χ0v) is 38.2. The second-order valence-corrected chi connectivity index (χ2v) is 21.2. The summed E-state index contributed by atoms with van der Waals surface area (Å²) < 4.78 is 0. The third-order valence-corrected chi connectivity index (χ3v) is 17.3. The van der Waals surface area contributed by atoms with Crippen molar-refractivity contribution in [3.63, 3.8) is 0 Å². The van der Waals surface area contributed by atoms with Gasteiger partial charge in [-0.3, -0.25) is 0 Å². The van der Waals surface area contributed by atoms with Crippen LogP contribution in [0.1, 0.15) is 104 Å². The molecule has 0 aliphatic heterocycles. The Hall–Kier alpha value is -6.44. The van der Waals surface area contributed by atoms with Gasteiger partial charge >= 0.3 is 0 Å². The van der Waals surface area contributed by atoms with Gasteiger partial charge in [0.15, 0.2) is 0 Å². The highest BCUT2D eigenvalue weighted by molar-refractivity contribution is 5.90. The van der Waals surface area contributed by atoms with Crippen LogP contribution in [0.3, 0.4) is 0 Å². The van der Waals surface area contributed by atoms with Gasteiger partial charge in [-0.2, -0.15) is 0 Å². The van der Waals surface area contributed by atoms with E-state index in [1.165, 1.54) is 127 Å². The Bertz CT molecular complexity index is 3110. The summed E-state index contributed by atoms with van der Waals surface area (Å²) in [5, 5.41) is 0. The largest absolute Gasteiger partial charge is 0.310 e. The molecule has 318 valence electrons. The van der Waals surface area contributed by atoms with Gasteiger partial charge in [-0.25, -0.2) is 0 Å². The van der Waals surface area contributed by atoms with Gasteiger partial charge in [-0.1, -0.05) is 179 Å². The smallest absolute Gasteiger partial charge is 0.0719 e. The second kappa shape index (κ2) is 14.3. The van der Waals surface area contributed by atoms with Crippen molar-refractivity contribution >= 4 is 17.1 Å². The molecule has 13 rings (SSSR count). The van der Waals surface area contributed by atoms with E-state index in [1.54, 1.807) is 0 Å². The Morgan fingerprint density at radius 1 is 0.369 bits per heavy atom. The molecule has 0 saturated heterocycles. The monoisotopic (exact) mass is 839 g/mol. The molecule has 2 fully saturated rings. The van der Waals surface area contributed by atoms with Crippen LogP contribution in [0.5, 0.6) is 0 Å². The first-order chi connectivity index (χ1) is 31.7. The molecule has 2 saturated carbocycles. The van der Waals surface area contributed by atoms with E-state index in [2.05, 4.69) is 221 Å². The molecule has 1 nitrogen and oxygen atoms in total. The van der Waals surface area contributed by atoms with E-state index in [-0.39, 0.29) is 10.8 Å². The van der Waals surface area contributed by atoms with E-state index in [0.29, 0.717) is 5.92 Å². The van der Waals surface area contributed by atoms with E-state index in [0.717, 1.165) is 17.8 Å². The highest BCUT2D eigenvalue weighted by Gasteiger charge is 2.57. The number of nitrogens with zero attached hydrogens (tertiary/aromatic N) is 1. The first kappa shape index (κ1) is 39.0. The molecule has 8 aromatic carbocycles. The molecule has 0 amide bonds. The van der Waals surface area contributed by atoms with Crippen molar-refractivity contribution in [3.8, 4) is 33.4 Å². The van der Waals surface area contributed by atoms with Gasteiger partial charge in [0, 0.05) is 27.9 Å². The van der Waals surface area contributed by atoms with Crippen molar-refractivity contribution in [2.45, 2.75) is 76.0 Å². The average molecular weight is 840 g/mol. The number of fused-ring (bicyclic) bond motifs is 14. The first-order valence-electron chi connectivity index (χ1n) is 24.4. The molecular weight excluding hydrogens is 783 g/mol. The standard InChI is InChI=1S/C64H57N/c1-41-34-42-36-43(35-41)38-46(37-42)63(4)57-24-14-15-25-58(57)64(55-22-12-9-19-51(55)52-20-10-13-23-56(52)64)59-33-31-49(40-61(59)63)65(47-28-26-45(27-29-47)44-16-6-5-7-17-44)48-30-32-53-50-18-8-11-21-54(50)62(2,3)60(53)39-48/h5-33,39-43,46H,34-38H2,1-4H3/t41?,42-,43+,46?,63-/m0/s1. The Labute approximate surface area is 385 Å². The number of benzene rings is 8. The van der Waals surface area contributed by atoms with Gasteiger partial charge in [0.1, 0.15) is 0 Å². The predicted octanol–water partition coefficient (Wildman–Crippen LogP) is 16.6. The number of hydrogen-bond acceptors (Lipinski definition) is 1. The molecular formula is C64H57N. The summed E-state index contributed by atoms with van der Waals surface area (Å²) in [5.41, 5.74) is 22.3. The fraction of sp³-hybridized carbons (Fsp3) is 0.250. The van der Waals surface area contributed by atoms with Crippen molar-refractivity contribution in [1.82, 2.24) is 0 Å². The van der Waals surface area contributed by atoms with E-state index in [4.69, 9.17) is 0 Å². The summed E-state index contributed by atoms with van der Waals surface area (Å²) in [4.78, 5) is 2.57. The van der Waals surface area contributed by atoms with Gasteiger partial charge in [0.2, 0.25) is 0 Å². The van der Waals surface area contributed by atoms with Crippen LogP contribution in [0.4, 0.5) is 17.1 Å². The molecule has 8 aromatic rings. The maximum atomic E-state index is 2.67. The Kier molecular flexibility index (Phi) is 8.56. The fourth-order valence-electron chi connectivity index (χ4n) is 14.6. The van der Waals surface area contributed by atoms with Crippen LogP contribution >= 0.6 is 0 Å². The normalized spacial score (nSPS) is 23.4. The van der Waals surface area contributed by atoms with Crippen LogP contribution in [0.25, 0.3) is 33.4 Å². The molecule has 0 heterocycles. The molecule has 1 spiro atoms. The minimum absolute atomic E-state index is 0.116. The van der Waals surface area contributed by atoms with Crippen LogP contribution in [-0.4, -0.2) is 0 Å². The Morgan fingerprint density at radius 2 is 0.831 bits per heavy atom. The molecule has 65 heavy (non-hydrogen) atoms. The lowest BCUT2D eigenvalue weighted by molar-refractivity contribution is 0.0750. The van der Waals surface area contributed by atoms with E-state index in [9.17, 15) is 0 Å². The summed E-state index contributed by atoms with van der Waals surface area (Å²) >= 11 is 0. The quantitative estimate of drug-likeness (QED) is 0.167. The summed E-state index contributed by atoms with van der Waals surface area (Å²) in [6.45, 7) is 9.98. The molecule has 5 atom stereocenters. The van der Waals surface area contributed by atoms with Crippen molar-refractivity contribution in [2.75, 3.05) is 4.90 Å². The molecule has 1 heteroatoms. The van der Waals surface area contributed by atoms with Crippen LogP contribution < -0.4 is 4.90 Å². The van der Waals surface area contributed by atoms with Crippen LogP contribution in [0.2, 0.25) is 0 Å². The number of hydrogen-bond donors (Lipinski definition) is 0. The molecule has 2 unspecified atom stereocenters. The summed E-state index contributed by atoms with van der Waals surface area (Å²) in [7, 11) is 0. The third-order valence-electron chi connectivity index (χ3n) is 17.3. The second-order valence-electron chi connectivity index (χ2n) is 21.2. The van der Waals surface area contributed by atoms with E-state index >= 15 is 0 Å². The summed E-state index contributed by atoms with van der Waals surface area (Å²) in [5.74, 6) is 2.95. The molecule has 0 aromatic heterocycles. The van der Waals surface area contributed by atoms with Gasteiger partial charge in [-0.05, 0) is 170 Å². The fourth-order valence-corrected chi connectivity index (χ4v) is 14.6. The van der Waals surface area contributed by atoms with Crippen molar-refractivity contribution in [2.24, 2.45) is 23.7 Å². The topological polar surface area (TPSA) is 3.24 Å². The average Bonchev–Trinajstić information content (AvgIpc) is 3.76. The predicted molar refractivity (Wildman–Crippen MR) is 271 cm³/mol. The van der Waals surface area contributed by atoms with Gasteiger partial charge in [0.05, 0.1) is 5.41 Å². The maximum Gasteiger partial charge on any atom is 0.0719 e. The van der Waals surface area contributed by atoms with Gasteiger partial charge in [0.25, 0.3) is 0 Å². The highest BCUT2D eigenvalue weighted by atomic mass is 15.1. The zero-order valence-electron chi connectivity index (χ0n) is 38.2. The highest BCUT2D eigenvalue weighted by Crippen LogP contribution is 2.66. The Balaban J connectivity index is 1.07. The lowest BCUT2D eigenvalue weighted by Crippen LogP contribution is -2.48. The molecule has 5 aliphatic rings. The number of rotatable bonds is 5. The van der Waals surface area contributed by atoms with Crippen LogP contribution in [-0.2, 0) is 16.2 Å². The van der Waals surface area contributed by atoms with Crippen molar-refractivity contribution in [1.29, 1.82) is 0 Å². The lowest BCUT2D eigenvalue weighted by Gasteiger charge is -2.54. The van der Waals surface area contributed by atoms with Crippen LogP contribution in [0.15, 0.2) is 188 Å². The Morgan fingerprint density at radius 3 is 1.48 bits per heavy atom. The minimum atomic E-state index is -0.429. The first-order valence-corrected chi connectivity index (χ1v) is 24.4. The minimum Gasteiger partial charge on any atom is -0.310 e. The molecule has 5 aliphatic carbocycles. The number of anilines is 3. The van der Waals surface area contributed by atoms with Crippen molar-refractivity contribution < 1.29 is 0 Å². The SMILES string of the molecule is CC1C[C@@H]2CC([C@@]3(C)c4ccccc4C4(c5ccccc5-c5ccccc54)c4ccc(N(c5ccc(-c6ccccc6)cc5)c5ccc6c(c5)C(C)(C)c5ccccc5-6)cc43)C[C@H](C1)C2. The third kappa shape index (κ3) is 5.51. The summed E-state index contributed by atoms with van der Waals surface area (Å²) in [6.07, 6.45) is 6.73. The molecule has 0 N–H and O–H groups in total. The van der Waals surface area contributed by atoms with E-state index < -0.39 is 5.41 Å². The van der Waals surface area contributed by atoms with Crippen molar-refractivity contribution in [3.05, 3.63) is 233 Å². The lowest BCUT2D eigenvalue weighted by atomic mass is 9.49. The maximum absolute atomic E-state index is 2.67. The zero-order chi connectivity index (χ0) is 43.7. The van der Waals surface area contributed by atoms with Gasteiger partial charge in [-0.15, -0.1) is 0 Å². The van der Waals surface area contributed by atoms with Crippen LogP contribution in [0, 0.1) is 23.7 Å². The summed E-state index contributed by atoms with van der Waals surface area (Å²) in [6, 6.07) is 72.4. The van der Waals surface area contributed by atoms with E-state index in [1.807, 2.05) is 0 Å². The van der Waals surface area contributed by atoms with Gasteiger partial charge < -0.3 is 4.90 Å². The molecule has 0 radical (unpaired) electrons.